The van der Waals surface area contributed by atoms with Gasteiger partial charge in [-0.2, -0.15) is 8.42 Å². The van der Waals surface area contributed by atoms with E-state index in [1.165, 1.54) is 0 Å². The topological polar surface area (TPSA) is 186 Å². The predicted octanol–water partition coefficient (Wildman–Crippen LogP) is -3.20. The molecule has 72 valence electrons. The molecule has 0 heterocycles. The SMILES string of the molecule is O.O=S(=O)(O)O.O=S(=O)([O-])[O-].[Mg+2]. The monoisotopic (exact) mass is 236 g/mol. The first-order valence-corrected chi connectivity index (χ1v) is 4.10. The summed E-state index contributed by atoms with van der Waals surface area (Å²) in [5.74, 6) is 0. The molecule has 0 aliphatic heterocycles. The molecule has 0 unspecified atom stereocenters. The molecule has 0 aromatic heterocycles. The molecule has 12 heteroatoms. The first-order valence-electron chi connectivity index (χ1n) is 1.37. The van der Waals surface area contributed by atoms with Crippen LogP contribution < -0.4 is 0 Å². The molecule has 0 aromatic carbocycles. The molecule has 4 N–H and O–H groups in total. The summed E-state index contributed by atoms with van der Waals surface area (Å²) in [5.41, 5.74) is 0. The average molecular weight is 236 g/mol. The van der Waals surface area contributed by atoms with Crippen molar-refractivity contribution in [1.29, 1.82) is 0 Å². The van der Waals surface area contributed by atoms with Crippen LogP contribution in [-0.2, 0) is 20.8 Å². The van der Waals surface area contributed by atoms with E-state index >= 15 is 0 Å². The summed E-state index contributed by atoms with van der Waals surface area (Å²) < 4.78 is 65.7. The van der Waals surface area contributed by atoms with Crippen LogP contribution in [0.1, 0.15) is 0 Å². The Kier molecular flexibility index (Phi) is 15.4. The molecule has 0 saturated heterocycles. The number of hydrogen-bond donors (Lipinski definition) is 2. The molecular formula is H4MgO9S2. The van der Waals surface area contributed by atoms with E-state index in [0.29, 0.717) is 0 Å². The van der Waals surface area contributed by atoms with E-state index in [4.69, 9.17) is 35.0 Å². The van der Waals surface area contributed by atoms with Crippen LogP contribution in [0.4, 0.5) is 0 Å². The first kappa shape index (κ1) is 22.9. The second-order valence-corrected chi connectivity index (χ2v) is 2.57. The zero-order valence-electron chi connectivity index (χ0n) is 5.37. The first-order chi connectivity index (χ1) is 4.00. The van der Waals surface area contributed by atoms with Gasteiger partial charge >= 0.3 is 33.5 Å². The molecule has 0 saturated carbocycles. The second-order valence-electron chi connectivity index (χ2n) is 0.856. The Morgan fingerprint density at radius 2 is 0.917 bits per heavy atom. The van der Waals surface area contributed by atoms with Crippen LogP contribution in [0, 0.1) is 0 Å². The van der Waals surface area contributed by atoms with Crippen molar-refractivity contribution >= 4 is 43.9 Å². The quantitative estimate of drug-likeness (QED) is 0.250. The van der Waals surface area contributed by atoms with Crippen LogP contribution in [0.2, 0.25) is 0 Å². The Morgan fingerprint density at radius 1 is 0.917 bits per heavy atom. The number of rotatable bonds is 0. The summed E-state index contributed by atoms with van der Waals surface area (Å²) in [6, 6.07) is 0. The van der Waals surface area contributed by atoms with Gasteiger partial charge < -0.3 is 14.6 Å². The zero-order chi connectivity index (χ0) is 9.00. The maximum Gasteiger partial charge on any atom is 2.00 e. The molecule has 0 fully saturated rings. The Bertz CT molecular complexity index is 209. The fourth-order valence-corrected chi connectivity index (χ4v) is 0. The molecule has 0 rings (SSSR count). The van der Waals surface area contributed by atoms with Crippen LogP contribution in [0.5, 0.6) is 0 Å². The summed E-state index contributed by atoms with van der Waals surface area (Å²) in [6.07, 6.45) is 0. The Labute approximate surface area is 84.4 Å². The molecule has 0 aliphatic rings. The third kappa shape index (κ3) is 4310. The largest absolute Gasteiger partial charge is 2.00 e. The van der Waals surface area contributed by atoms with Gasteiger partial charge in [0.05, 0.1) is 0 Å². The third-order valence-corrected chi connectivity index (χ3v) is 0. The van der Waals surface area contributed by atoms with E-state index < -0.39 is 20.8 Å². The van der Waals surface area contributed by atoms with Crippen LogP contribution >= 0.6 is 0 Å². The van der Waals surface area contributed by atoms with E-state index in [0.717, 1.165) is 0 Å². The van der Waals surface area contributed by atoms with Crippen molar-refractivity contribution in [1.82, 2.24) is 0 Å². The van der Waals surface area contributed by atoms with Gasteiger partial charge in [-0.15, -0.1) is 0 Å². The fourth-order valence-electron chi connectivity index (χ4n) is 0. The minimum atomic E-state index is -5.17. The van der Waals surface area contributed by atoms with Crippen molar-refractivity contribution in [2.75, 3.05) is 0 Å². The van der Waals surface area contributed by atoms with E-state index in [1.54, 1.807) is 0 Å². The van der Waals surface area contributed by atoms with Gasteiger partial charge in [0.2, 0.25) is 0 Å². The Balaban J connectivity index is -0.0000000457. The third-order valence-electron chi connectivity index (χ3n) is 0. The molecule has 0 bridgehead atoms. The van der Waals surface area contributed by atoms with Crippen molar-refractivity contribution in [3.8, 4) is 0 Å². The predicted molar refractivity (Wildman–Crippen MR) is 34.0 cm³/mol. The molecular weight excluding hydrogens is 232 g/mol. The van der Waals surface area contributed by atoms with Crippen LogP contribution in [0.15, 0.2) is 0 Å². The van der Waals surface area contributed by atoms with Crippen molar-refractivity contribution in [3.63, 3.8) is 0 Å². The van der Waals surface area contributed by atoms with Crippen molar-refractivity contribution < 1.29 is 40.5 Å². The fraction of sp³-hybridized carbons (Fsp3) is 0. The van der Waals surface area contributed by atoms with Gasteiger partial charge in [-0.25, -0.2) is 0 Å². The smallest absolute Gasteiger partial charge is 0.759 e. The van der Waals surface area contributed by atoms with Crippen LogP contribution in [0.25, 0.3) is 0 Å². The van der Waals surface area contributed by atoms with E-state index in [2.05, 4.69) is 0 Å². The minimum Gasteiger partial charge on any atom is -0.759 e. The molecule has 0 radical (unpaired) electrons. The van der Waals surface area contributed by atoms with Crippen molar-refractivity contribution in [2.24, 2.45) is 0 Å². The molecule has 12 heavy (non-hydrogen) atoms. The number of hydrogen-bond acceptors (Lipinski definition) is 6. The summed E-state index contributed by atoms with van der Waals surface area (Å²) in [4.78, 5) is 0. The Morgan fingerprint density at radius 3 is 0.917 bits per heavy atom. The van der Waals surface area contributed by atoms with Gasteiger partial charge in [0.25, 0.3) is 0 Å². The second kappa shape index (κ2) is 8.08. The van der Waals surface area contributed by atoms with E-state index in [9.17, 15) is 0 Å². The van der Waals surface area contributed by atoms with Crippen LogP contribution in [0.3, 0.4) is 0 Å². The molecule has 9 nitrogen and oxygen atoms in total. The maximum atomic E-state index is 8.74. The van der Waals surface area contributed by atoms with Crippen molar-refractivity contribution in [2.45, 2.75) is 0 Å². The minimum absolute atomic E-state index is 0. The molecule has 0 spiro atoms. The van der Waals surface area contributed by atoms with Crippen molar-refractivity contribution in [3.05, 3.63) is 0 Å². The summed E-state index contributed by atoms with van der Waals surface area (Å²) in [7, 11) is -9.83. The Hall–Kier alpha value is 0.466. The van der Waals surface area contributed by atoms with Crippen LogP contribution in [-0.4, -0.2) is 63.6 Å². The average Bonchev–Trinajstić information content (AvgIpc) is 1.12. The zero-order valence-corrected chi connectivity index (χ0v) is 8.41. The van der Waals surface area contributed by atoms with Gasteiger partial charge in [-0.05, 0) is 0 Å². The summed E-state index contributed by atoms with van der Waals surface area (Å²) >= 11 is 0. The van der Waals surface area contributed by atoms with Gasteiger partial charge in [0.15, 0.2) is 0 Å². The molecule has 0 amide bonds. The summed E-state index contributed by atoms with van der Waals surface area (Å²) in [6.45, 7) is 0. The van der Waals surface area contributed by atoms with Gasteiger partial charge in [0.1, 0.15) is 0 Å². The standard InChI is InChI=1S/Mg.2H2O4S.H2O/c;2*1-5(2,3)4;/h;2*(H2,1,2,3,4);1H2/q+2;;;/p-2. The maximum absolute atomic E-state index is 8.74. The molecule has 0 aliphatic carbocycles. The normalized spacial score (nSPS) is 9.67. The molecule has 0 atom stereocenters. The van der Waals surface area contributed by atoms with Gasteiger partial charge in [-0.3, -0.25) is 17.5 Å². The van der Waals surface area contributed by atoms with E-state index in [1.807, 2.05) is 0 Å². The van der Waals surface area contributed by atoms with E-state index in [-0.39, 0.29) is 28.5 Å². The molecule has 0 aromatic rings. The van der Waals surface area contributed by atoms with Gasteiger partial charge in [0, 0.05) is 10.4 Å². The van der Waals surface area contributed by atoms with Gasteiger partial charge in [-0.1, -0.05) is 0 Å². The summed E-state index contributed by atoms with van der Waals surface area (Å²) in [5, 5.41) is 0.